The molecule has 4 nitrogen and oxygen atoms in total. The molecule has 15 heavy (non-hydrogen) atoms. The Morgan fingerprint density at radius 3 is 2.13 bits per heavy atom. The van der Waals surface area contributed by atoms with Crippen molar-refractivity contribution in [2.75, 3.05) is 20.1 Å². The fourth-order valence-electron chi connectivity index (χ4n) is 1.35. The zero-order valence-corrected chi connectivity index (χ0v) is 10.2. The molecule has 0 heterocycles. The minimum Gasteiger partial charge on any atom is -0.390 e. The van der Waals surface area contributed by atoms with Crippen LogP contribution in [-0.2, 0) is 9.59 Å². The van der Waals surface area contributed by atoms with Crippen molar-refractivity contribution in [2.24, 2.45) is 0 Å². The van der Waals surface area contributed by atoms with Gasteiger partial charge in [-0.2, -0.15) is 0 Å². The highest BCUT2D eigenvalue weighted by Gasteiger charge is 2.09. The van der Waals surface area contributed by atoms with Crippen LogP contribution in [0.3, 0.4) is 0 Å². The summed E-state index contributed by atoms with van der Waals surface area (Å²) < 4.78 is 0. The molecule has 0 aliphatic carbocycles. The van der Waals surface area contributed by atoms with E-state index in [0.717, 1.165) is 26.7 Å². The molecule has 0 radical (unpaired) electrons. The summed E-state index contributed by atoms with van der Waals surface area (Å²) in [7, 11) is 2.51. The summed E-state index contributed by atoms with van der Waals surface area (Å²) >= 11 is 0. The van der Waals surface area contributed by atoms with Crippen LogP contribution in [0.25, 0.3) is 0 Å². The van der Waals surface area contributed by atoms with Gasteiger partial charge in [-0.15, -0.1) is 0 Å². The van der Waals surface area contributed by atoms with E-state index in [1.807, 2.05) is 4.81 Å². The molecule has 0 saturated carbocycles. The van der Waals surface area contributed by atoms with Crippen LogP contribution in [0, 0.1) is 0 Å². The predicted octanol–water partition coefficient (Wildman–Crippen LogP) is 0.493. The first-order valence-electron chi connectivity index (χ1n) is 5.46. The van der Waals surface area contributed by atoms with Crippen molar-refractivity contribution in [3.05, 3.63) is 0 Å². The van der Waals surface area contributed by atoms with Crippen LogP contribution in [0.2, 0.25) is 6.32 Å². The summed E-state index contributed by atoms with van der Waals surface area (Å²) in [6.07, 6.45) is 1.82. The molecule has 0 aliphatic rings. The first-order valence-corrected chi connectivity index (χ1v) is 5.46. The Morgan fingerprint density at radius 1 is 1.13 bits per heavy atom. The molecule has 0 atom stereocenters. The van der Waals surface area contributed by atoms with E-state index in [0.29, 0.717) is 6.54 Å². The normalized spacial score (nSPS) is 9.60. The Balaban J connectivity index is 3.80. The van der Waals surface area contributed by atoms with Crippen molar-refractivity contribution < 1.29 is 9.59 Å². The highest BCUT2D eigenvalue weighted by Crippen LogP contribution is 1.95. The molecule has 0 fully saturated rings. The van der Waals surface area contributed by atoms with Crippen molar-refractivity contribution >= 4 is 19.2 Å². The lowest BCUT2D eigenvalue weighted by molar-refractivity contribution is -0.127. The van der Waals surface area contributed by atoms with Crippen molar-refractivity contribution in [3.8, 4) is 0 Å². The van der Waals surface area contributed by atoms with Gasteiger partial charge in [0, 0.05) is 34.0 Å². The lowest BCUT2D eigenvalue weighted by atomic mass is 9.85. The van der Waals surface area contributed by atoms with E-state index in [9.17, 15) is 9.59 Å². The second kappa shape index (κ2) is 7.32. The third-order valence-electron chi connectivity index (χ3n) is 2.40. The van der Waals surface area contributed by atoms with Gasteiger partial charge in [-0.1, -0.05) is 6.92 Å². The number of nitrogens with zero attached hydrogens (tertiary/aromatic N) is 2. The molecule has 0 aliphatic heterocycles. The number of hydrogen-bond acceptors (Lipinski definition) is 2. The first-order chi connectivity index (χ1) is 6.99. The third kappa shape index (κ3) is 6.15. The van der Waals surface area contributed by atoms with E-state index < -0.39 is 0 Å². The maximum atomic E-state index is 11.2. The first kappa shape index (κ1) is 14.0. The van der Waals surface area contributed by atoms with Crippen LogP contribution in [0.1, 0.15) is 27.2 Å². The van der Waals surface area contributed by atoms with E-state index >= 15 is 0 Å². The van der Waals surface area contributed by atoms with Gasteiger partial charge < -0.3 is 9.71 Å². The molecule has 2 amide bonds. The molecular weight excluding hydrogens is 191 g/mol. The van der Waals surface area contributed by atoms with Crippen molar-refractivity contribution in [2.45, 2.75) is 33.5 Å². The van der Waals surface area contributed by atoms with Gasteiger partial charge in [-0.05, 0) is 12.7 Å². The van der Waals surface area contributed by atoms with E-state index in [1.165, 1.54) is 0 Å². The second-order valence-corrected chi connectivity index (χ2v) is 3.80. The molecule has 0 spiro atoms. The van der Waals surface area contributed by atoms with Gasteiger partial charge in [0.1, 0.15) is 0 Å². The number of rotatable bonds is 6. The standard InChI is InChI=1S/C10H21BN2O2/c1-5-7-13(10(3)15)11-6-8-12(4)9(2)14/h11H,5-8H2,1-4H3. The predicted molar refractivity (Wildman–Crippen MR) is 62.9 cm³/mol. The van der Waals surface area contributed by atoms with Gasteiger partial charge >= 0.3 is 0 Å². The zero-order valence-electron chi connectivity index (χ0n) is 10.2. The van der Waals surface area contributed by atoms with Gasteiger partial charge in [0.25, 0.3) is 0 Å². The Bertz CT molecular complexity index is 221. The van der Waals surface area contributed by atoms with E-state index in [-0.39, 0.29) is 11.8 Å². The summed E-state index contributed by atoms with van der Waals surface area (Å²) in [5, 5.41) is 0. The van der Waals surface area contributed by atoms with Crippen molar-refractivity contribution in [3.63, 3.8) is 0 Å². The smallest absolute Gasteiger partial charge is 0.241 e. The number of amides is 2. The largest absolute Gasteiger partial charge is 0.390 e. The topological polar surface area (TPSA) is 40.6 Å². The monoisotopic (exact) mass is 212 g/mol. The number of carbonyl (C=O) groups excluding carboxylic acids is 2. The summed E-state index contributed by atoms with van der Waals surface area (Å²) in [6, 6.07) is 0. The fraction of sp³-hybridized carbons (Fsp3) is 0.800. The molecule has 0 rings (SSSR count). The molecule has 0 unspecified atom stereocenters. The second-order valence-electron chi connectivity index (χ2n) is 3.80. The van der Waals surface area contributed by atoms with Crippen LogP contribution in [0.15, 0.2) is 0 Å². The Morgan fingerprint density at radius 2 is 1.73 bits per heavy atom. The van der Waals surface area contributed by atoms with E-state index in [1.54, 1.807) is 25.8 Å². The van der Waals surface area contributed by atoms with Crippen LogP contribution in [0.4, 0.5) is 0 Å². The molecule has 0 aromatic carbocycles. The quantitative estimate of drug-likeness (QED) is 0.601. The minimum absolute atomic E-state index is 0.0693. The summed E-state index contributed by atoms with van der Waals surface area (Å²) in [5.74, 6) is 0.183. The highest BCUT2D eigenvalue weighted by molar-refractivity contribution is 6.36. The minimum atomic E-state index is 0.0693. The van der Waals surface area contributed by atoms with Crippen molar-refractivity contribution in [1.29, 1.82) is 0 Å². The van der Waals surface area contributed by atoms with E-state index in [4.69, 9.17) is 0 Å². The van der Waals surface area contributed by atoms with Gasteiger partial charge in [-0.3, -0.25) is 9.59 Å². The molecule has 0 aromatic rings. The van der Waals surface area contributed by atoms with Gasteiger partial charge in [0.05, 0.1) is 0 Å². The fourth-order valence-corrected chi connectivity index (χ4v) is 1.35. The lowest BCUT2D eigenvalue weighted by Crippen LogP contribution is -2.35. The number of hydrogen-bond donors (Lipinski definition) is 0. The Kier molecular flexibility index (Phi) is 6.83. The van der Waals surface area contributed by atoms with Crippen molar-refractivity contribution in [1.82, 2.24) is 9.71 Å². The Labute approximate surface area is 92.9 Å². The average Bonchev–Trinajstić information content (AvgIpc) is 2.15. The van der Waals surface area contributed by atoms with Gasteiger partial charge in [0.2, 0.25) is 19.2 Å². The molecule has 0 saturated heterocycles. The molecule has 0 aromatic heterocycles. The number of carbonyl (C=O) groups is 2. The molecule has 5 heteroatoms. The average molecular weight is 212 g/mol. The van der Waals surface area contributed by atoms with E-state index in [2.05, 4.69) is 6.92 Å². The van der Waals surface area contributed by atoms with Crippen LogP contribution < -0.4 is 0 Å². The molecule has 0 bridgehead atoms. The van der Waals surface area contributed by atoms with Gasteiger partial charge in [0.15, 0.2) is 0 Å². The lowest BCUT2D eigenvalue weighted by Gasteiger charge is -2.21. The SMILES string of the molecule is CCCN(BCCN(C)C(C)=O)C(C)=O. The molecular formula is C10H21BN2O2. The summed E-state index contributed by atoms with van der Waals surface area (Å²) in [4.78, 5) is 25.6. The summed E-state index contributed by atoms with van der Waals surface area (Å²) in [5.41, 5.74) is 0. The molecule has 0 N–H and O–H groups in total. The maximum absolute atomic E-state index is 11.2. The Hall–Kier alpha value is -0.995. The maximum Gasteiger partial charge on any atom is 0.241 e. The van der Waals surface area contributed by atoms with Crippen LogP contribution in [-0.4, -0.2) is 49.1 Å². The third-order valence-corrected chi connectivity index (χ3v) is 2.40. The zero-order chi connectivity index (χ0) is 11.8. The van der Waals surface area contributed by atoms with Gasteiger partial charge in [-0.25, -0.2) is 0 Å². The molecule has 86 valence electrons. The summed E-state index contributed by atoms with van der Waals surface area (Å²) in [6.45, 7) is 6.71. The van der Waals surface area contributed by atoms with Crippen LogP contribution in [0.5, 0.6) is 0 Å². The van der Waals surface area contributed by atoms with Crippen LogP contribution >= 0.6 is 0 Å². The highest BCUT2D eigenvalue weighted by atomic mass is 16.2.